The lowest BCUT2D eigenvalue weighted by atomic mass is 9.94. The molecule has 0 aliphatic carbocycles. The molecule has 1 amide bonds. The highest BCUT2D eigenvalue weighted by Crippen LogP contribution is 2.27. The maximum atomic E-state index is 12.5. The van der Waals surface area contributed by atoms with E-state index in [9.17, 15) is 4.79 Å². The number of amides is 1. The van der Waals surface area contributed by atoms with E-state index >= 15 is 0 Å². The highest BCUT2D eigenvalue weighted by Gasteiger charge is 2.28. The van der Waals surface area contributed by atoms with E-state index in [0.717, 1.165) is 49.2 Å². The third-order valence-electron chi connectivity index (χ3n) is 4.43. The van der Waals surface area contributed by atoms with Crippen LogP contribution < -0.4 is 4.90 Å². The van der Waals surface area contributed by atoms with Crippen molar-refractivity contribution < 1.29 is 4.79 Å². The topological polar surface area (TPSA) is 36.4 Å². The fourth-order valence-electron chi connectivity index (χ4n) is 3.13. The van der Waals surface area contributed by atoms with Gasteiger partial charge in [-0.05, 0) is 17.9 Å². The number of nitrogens with zero attached hydrogens (tertiary/aromatic N) is 3. The molecule has 3 rings (SSSR count). The Hall–Kier alpha value is -1.81. The lowest BCUT2D eigenvalue weighted by Gasteiger charge is -2.28. The molecule has 0 unspecified atom stereocenters. The van der Waals surface area contributed by atoms with E-state index in [1.165, 1.54) is 0 Å². The summed E-state index contributed by atoms with van der Waals surface area (Å²) in [4.78, 5) is 21.3. The van der Waals surface area contributed by atoms with Crippen molar-refractivity contribution in [3.8, 4) is 0 Å². The quantitative estimate of drug-likeness (QED) is 0.734. The summed E-state index contributed by atoms with van der Waals surface area (Å²) in [7, 11) is 0. The minimum absolute atomic E-state index is 0.217. The summed E-state index contributed by atoms with van der Waals surface area (Å²) in [6.07, 6.45) is 0.938. The van der Waals surface area contributed by atoms with Gasteiger partial charge in [0.05, 0.1) is 0 Å². The van der Waals surface area contributed by atoms with Crippen LogP contribution in [0.1, 0.15) is 27.2 Å². The number of rotatable bonds is 1. The fourth-order valence-corrected chi connectivity index (χ4v) is 3.39. The Morgan fingerprint density at radius 1 is 1.12 bits per heavy atom. The van der Waals surface area contributed by atoms with E-state index in [2.05, 4.69) is 22.0 Å². The van der Waals surface area contributed by atoms with Crippen LogP contribution in [0.2, 0.25) is 5.15 Å². The second kappa shape index (κ2) is 6.60. The maximum Gasteiger partial charge on any atom is 0.228 e. The Kier molecular flexibility index (Phi) is 4.68. The van der Waals surface area contributed by atoms with Crippen LogP contribution in [-0.2, 0) is 4.79 Å². The summed E-state index contributed by atoms with van der Waals surface area (Å²) in [5, 5.41) is 2.61. The zero-order chi connectivity index (χ0) is 17.3. The normalized spacial score (nSPS) is 16.3. The zero-order valence-electron chi connectivity index (χ0n) is 14.6. The molecule has 1 aliphatic heterocycles. The highest BCUT2D eigenvalue weighted by molar-refractivity contribution is 6.34. The van der Waals surface area contributed by atoms with Crippen molar-refractivity contribution in [1.82, 2.24) is 9.88 Å². The molecule has 0 atom stereocenters. The smallest absolute Gasteiger partial charge is 0.228 e. The zero-order valence-corrected chi connectivity index (χ0v) is 15.3. The molecule has 0 saturated carbocycles. The minimum Gasteiger partial charge on any atom is -0.355 e. The lowest BCUT2D eigenvalue weighted by molar-refractivity contribution is -0.139. The van der Waals surface area contributed by atoms with Gasteiger partial charge in [0.25, 0.3) is 0 Å². The van der Waals surface area contributed by atoms with Crippen molar-refractivity contribution in [3.63, 3.8) is 0 Å². The Balaban J connectivity index is 1.80. The molecule has 1 saturated heterocycles. The standard InChI is InChI=1S/C19H24ClN3O/c1-19(2,3)18(24)23-10-6-9-22(11-12-23)16-13-14-7-4-5-8-15(14)17(20)21-16/h4-5,7-8,13H,6,9-12H2,1-3H3. The first kappa shape index (κ1) is 17.0. The molecule has 0 N–H and O–H groups in total. The molecule has 2 aromatic rings. The Labute approximate surface area is 148 Å². The third kappa shape index (κ3) is 3.48. The van der Waals surface area contributed by atoms with Gasteiger partial charge in [-0.25, -0.2) is 4.98 Å². The van der Waals surface area contributed by atoms with Gasteiger partial charge in [0.2, 0.25) is 5.91 Å². The average molecular weight is 346 g/mol. The predicted molar refractivity (Wildman–Crippen MR) is 99.6 cm³/mol. The summed E-state index contributed by atoms with van der Waals surface area (Å²) in [6, 6.07) is 10.1. The molecule has 0 spiro atoms. The SMILES string of the molecule is CC(C)(C)C(=O)N1CCCN(c2cc3ccccc3c(Cl)n2)CC1. The number of halogens is 1. The molecule has 24 heavy (non-hydrogen) atoms. The van der Waals surface area contributed by atoms with Crippen LogP contribution in [0.4, 0.5) is 5.82 Å². The Morgan fingerprint density at radius 3 is 2.62 bits per heavy atom. The molecule has 1 aliphatic rings. The van der Waals surface area contributed by atoms with Crippen molar-refractivity contribution in [1.29, 1.82) is 0 Å². The Bertz CT molecular complexity index is 754. The molecule has 1 fully saturated rings. The van der Waals surface area contributed by atoms with Crippen LogP contribution >= 0.6 is 11.6 Å². The number of pyridine rings is 1. The maximum absolute atomic E-state index is 12.5. The average Bonchev–Trinajstić information content (AvgIpc) is 2.79. The van der Waals surface area contributed by atoms with Crippen LogP contribution in [0, 0.1) is 5.41 Å². The highest BCUT2D eigenvalue weighted by atomic mass is 35.5. The number of carbonyl (C=O) groups excluding carboxylic acids is 1. The second-order valence-electron chi connectivity index (χ2n) is 7.38. The molecule has 1 aromatic heterocycles. The van der Waals surface area contributed by atoms with Crippen LogP contribution in [0.3, 0.4) is 0 Å². The van der Waals surface area contributed by atoms with E-state index in [0.29, 0.717) is 5.15 Å². The van der Waals surface area contributed by atoms with Crippen molar-refractivity contribution in [2.45, 2.75) is 27.2 Å². The summed E-state index contributed by atoms with van der Waals surface area (Å²) < 4.78 is 0. The molecular weight excluding hydrogens is 322 g/mol. The molecule has 0 radical (unpaired) electrons. The number of carbonyl (C=O) groups is 1. The van der Waals surface area contributed by atoms with Gasteiger partial charge >= 0.3 is 0 Å². The molecule has 128 valence electrons. The van der Waals surface area contributed by atoms with E-state index in [1.807, 2.05) is 43.9 Å². The van der Waals surface area contributed by atoms with Crippen molar-refractivity contribution in [2.24, 2.45) is 5.41 Å². The first-order valence-electron chi connectivity index (χ1n) is 8.46. The number of hydrogen-bond acceptors (Lipinski definition) is 3. The number of aromatic nitrogens is 1. The number of hydrogen-bond donors (Lipinski definition) is 0. The molecular formula is C19H24ClN3O. The van der Waals surface area contributed by atoms with Crippen molar-refractivity contribution in [3.05, 3.63) is 35.5 Å². The fraction of sp³-hybridized carbons (Fsp3) is 0.474. The minimum atomic E-state index is -0.334. The van der Waals surface area contributed by atoms with Gasteiger partial charge in [0.15, 0.2) is 0 Å². The van der Waals surface area contributed by atoms with Gasteiger partial charge in [-0.1, -0.05) is 56.6 Å². The van der Waals surface area contributed by atoms with Gasteiger partial charge < -0.3 is 9.80 Å². The van der Waals surface area contributed by atoms with E-state index in [1.54, 1.807) is 0 Å². The lowest BCUT2D eigenvalue weighted by Crippen LogP contribution is -2.41. The first-order chi connectivity index (χ1) is 11.4. The molecule has 1 aromatic carbocycles. The monoisotopic (exact) mass is 345 g/mol. The van der Waals surface area contributed by atoms with Gasteiger partial charge in [-0.15, -0.1) is 0 Å². The summed E-state index contributed by atoms with van der Waals surface area (Å²) >= 11 is 6.36. The van der Waals surface area contributed by atoms with Gasteiger partial charge in [-0.3, -0.25) is 4.79 Å². The van der Waals surface area contributed by atoms with E-state index in [-0.39, 0.29) is 11.3 Å². The van der Waals surface area contributed by atoms with Crippen LogP contribution in [0.25, 0.3) is 10.8 Å². The molecule has 5 heteroatoms. The summed E-state index contributed by atoms with van der Waals surface area (Å²) in [6.45, 7) is 9.11. The first-order valence-corrected chi connectivity index (χ1v) is 8.84. The van der Waals surface area contributed by atoms with Crippen LogP contribution in [-0.4, -0.2) is 42.0 Å². The summed E-state index contributed by atoms with van der Waals surface area (Å²) in [5.41, 5.74) is -0.334. The number of anilines is 1. The van der Waals surface area contributed by atoms with Crippen LogP contribution in [0.15, 0.2) is 30.3 Å². The molecule has 2 heterocycles. The Morgan fingerprint density at radius 2 is 1.88 bits per heavy atom. The van der Waals surface area contributed by atoms with E-state index < -0.39 is 0 Å². The number of benzene rings is 1. The number of fused-ring (bicyclic) bond motifs is 1. The predicted octanol–water partition coefficient (Wildman–Crippen LogP) is 3.97. The van der Waals surface area contributed by atoms with Crippen LogP contribution in [0.5, 0.6) is 0 Å². The van der Waals surface area contributed by atoms with E-state index in [4.69, 9.17) is 11.6 Å². The van der Waals surface area contributed by atoms with Gasteiger partial charge in [0, 0.05) is 37.0 Å². The molecule has 0 bridgehead atoms. The second-order valence-corrected chi connectivity index (χ2v) is 7.73. The van der Waals surface area contributed by atoms with Crippen molar-refractivity contribution >= 4 is 34.1 Å². The van der Waals surface area contributed by atoms with Gasteiger partial charge in [-0.2, -0.15) is 0 Å². The van der Waals surface area contributed by atoms with Gasteiger partial charge in [0.1, 0.15) is 11.0 Å². The third-order valence-corrected chi connectivity index (χ3v) is 4.72. The van der Waals surface area contributed by atoms with Crippen molar-refractivity contribution in [2.75, 3.05) is 31.1 Å². The molecule has 4 nitrogen and oxygen atoms in total. The largest absolute Gasteiger partial charge is 0.355 e. The summed E-state index contributed by atoms with van der Waals surface area (Å²) in [5.74, 6) is 1.11.